The average Bonchev–Trinajstić information content (AvgIpc) is 3.53. The molecule has 0 aliphatic carbocycles. The zero-order chi connectivity index (χ0) is 23.9. The molecule has 184 valence electrons. The maximum absolute atomic E-state index is 14.1. The Morgan fingerprint density at radius 2 is 2.18 bits per heavy atom. The number of hydrogen-bond donors (Lipinski definition) is 1. The summed E-state index contributed by atoms with van der Waals surface area (Å²) in [4.78, 5) is 30.9. The second kappa shape index (κ2) is 11.7. The zero-order valence-corrected chi connectivity index (χ0v) is 20.3. The molecule has 9 heteroatoms. The minimum absolute atomic E-state index is 0.0366. The molecule has 2 aromatic rings. The molecule has 3 amide bonds. The summed E-state index contributed by atoms with van der Waals surface area (Å²) in [5.41, 5.74) is 1.03. The highest BCUT2D eigenvalue weighted by atomic mass is 32.1. The average molecular weight is 490 g/mol. The van der Waals surface area contributed by atoms with Crippen LogP contribution in [0.25, 0.3) is 0 Å². The van der Waals surface area contributed by atoms with Crippen molar-refractivity contribution in [1.82, 2.24) is 15.1 Å². The second-order valence-electron chi connectivity index (χ2n) is 8.64. The molecule has 0 saturated carbocycles. The SMILES string of the molecule is CCCNC(=O)N(CC(=O)N1CCc2sccc2[C@H]1COc1ccccc1F)C[C@H]1CCCO1. The van der Waals surface area contributed by atoms with Gasteiger partial charge < -0.3 is 24.6 Å². The molecule has 0 spiro atoms. The summed E-state index contributed by atoms with van der Waals surface area (Å²) >= 11 is 1.66. The highest BCUT2D eigenvalue weighted by Crippen LogP contribution is 2.34. The van der Waals surface area contributed by atoms with Crippen LogP contribution in [-0.4, -0.2) is 67.2 Å². The molecule has 0 unspecified atom stereocenters. The summed E-state index contributed by atoms with van der Waals surface area (Å²) in [5.74, 6) is -0.420. The Morgan fingerprint density at radius 1 is 1.32 bits per heavy atom. The quantitative estimate of drug-likeness (QED) is 0.578. The topological polar surface area (TPSA) is 71.1 Å². The third-order valence-electron chi connectivity index (χ3n) is 6.24. The van der Waals surface area contributed by atoms with Gasteiger partial charge in [0.15, 0.2) is 11.6 Å². The third-order valence-corrected chi connectivity index (χ3v) is 7.23. The van der Waals surface area contributed by atoms with E-state index >= 15 is 0 Å². The van der Waals surface area contributed by atoms with E-state index in [0.29, 0.717) is 26.2 Å². The summed E-state index contributed by atoms with van der Waals surface area (Å²) < 4.78 is 25.7. The number of fused-ring (bicyclic) bond motifs is 1. The first-order valence-corrected chi connectivity index (χ1v) is 12.8. The molecule has 4 rings (SSSR count). The van der Waals surface area contributed by atoms with Crippen LogP contribution in [0.5, 0.6) is 5.75 Å². The number of benzene rings is 1. The highest BCUT2D eigenvalue weighted by Gasteiger charge is 2.34. The number of ether oxygens (including phenoxy) is 2. The van der Waals surface area contributed by atoms with Gasteiger partial charge in [0, 0.05) is 31.1 Å². The van der Waals surface area contributed by atoms with Gasteiger partial charge in [-0.2, -0.15) is 0 Å². The van der Waals surface area contributed by atoms with Gasteiger partial charge in [-0.25, -0.2) is 9.18 Å². The number of carbonyl (C=O) groups is 2. The number of rotatable bonds is 9. The summed E-state index contributed by atoms with van der Waals surface area (Å²) in [5, 5.41) is 4.90. The predicted molar refractivity (Wildman–Crippen MR) is 129 cm³/mol. The number of urea groups is 1. The number of halogens is 1. The lowest BCUT2D eigenvalue weighted by Crippen LogP contribution is -2.51. The van der Waals surface area contributed by atoms with Crippen LogP contribution in [0.4, 0.5) is 9.18 Å². The number of amides is 3. The zero-order valence-electron chi connectivity index (χ0n) is 19.5. The number of hydrogen-bond acceptors (Lipinski definition) is 5. The van der Waals surface area contributed by atoms with Crippen molar-refractivity contribution in [1.29, 1.82) is 0 Å². The molecule has 1 fully saturated rings. The van der Waals surface area contributed by atoms with Crippen LogP contribution in [0.2, 0.25) is 0 Å². The molecular weight excluding hydrogens is 457 g/mol. The van der Waals surface area contributed by atoms with Crippen LogP contribution in [0.1, 0.15) is 42.7 Å². The standard InChI is InChI=1S/C25H32FN3O4S/c1-2-11-27-25(31)28(15-18-6-5-13-32-18)16-24(30)29-12-9-23-19(10-14-34-23)21(29)17-33-22-8-4-3-7-20(22)26/h3-4,7-8,10,14,18,21H,2,5-6,9,11-13,15-17H2,1H3,(H,27,31)/t18-,21-/m1/s1. The molecule has 1 aromatic carbocycles. The van der Waals surface area contributed by atoms with Crippen LogP contribution in [-0.2, 0) is 16.0 Å². The molecule has 7 nitrogen and oxygen atoms in total. The Kier molecular flexibility index (Phi) is 8.39. The third kappa shape index (κ3) is 5.88. The van der Waals surface area contributed by atoms with Crippen LogP contribution < -0.4 is 10.1 Å². The van der Waals surface area contributed by atoms with E-state index in [9.17, 15) is 14.0 Å². The van der Waals surface area contributed by atoms with Crippen molar-refractivity contribution in [3.05, 3.63) is 52.0 Å². The Hall–Kier alpha value is -2.65. The van der Waals surface area contributed by atoms with Gasteiger partial charge in [0.2, 0.25) is 5.91 Å². The van der Waals surface area contributed by atoms with Crippen molar-refractivity contribution in [3.8, 4) is 5.75 Å². The van der Waals surface area contributed by atoms with Gasteiger partial charge in [0.1, 0.15) is 13.2 Å². The molecular formula is C25H32FN3O4S. The molecule has 2 aliphatic rings. The van der Waals surface area contributed by atoms with E-state index in [4.69, 9.17) is 9.47 Å². The minimum Gasteiger partial charge on any atom is -0.488 e. The molecule has 34 heavy (non-hydrogen) atoms. The molecule has 3 heterocycles. The Morgan fingerprint density at radius 3 is 2.94 bits per heavy atom. The molecule has 0 radical (unpaired) electrons. The molecule has 2 atom stereocenters. The van der Waals surface area contributed by atoms with E-state index in [0.717, 1.165) is 31.2 Å². The number of carbonyl (C=O) groups excluding carboxylic acids is 2. The van der Waals surface area contributed by atoms with E-state index in [1.165, 1.54) is 10.9 Å². The van der Waals surface area contributed by atoms with Gasteiger partial charge in [0.05, 0.1) is 12.1 Å². The van der Waals surface area contributed by atoms with E-state index in [2.05, 4.69) is 5.32 Å². The number of nitrogens with zero attached hydrogens (tertiary/aromatic N) is 2. The van der Waals surface area contributed by atoms with E-state index in [1.807, 2.05) is 18.4 Å². The van der Waals surface area contributed by atoms with Crippen LogP contribution >= 0.6 is 11.3 Å². The maximum atomic E-state index is 14.1. The molecule has 1 N–H and O–H groups in total. The first-order valence-electron chi connectivity index (χ1n) is 11.9. The lowest BCUT2D eigenvalue weighted by atomic mass is 10.0. The number of thiophene rings is 1. The Balaban J connectivity index is 1.48. The normalized spacial score (nSPS) is 19.5. The van der Waals surface area contributed by atoms with Crippen molar-refractivity contribution in [2.45, 2.75) is 44.8 Å². The van der Waals surface area contributed by atoms with Crippen LogP contribution in [0, 0.1) is 5.82 Å². The van der Waals surface area contributed by atoms with Gasteiger partial charge in [-0.1, -0.05) is 19.1 Å². The smallest absolute Gasteiger partial charge is 0.317 e. The van der Waals surface area contributed by atoms with E-state index < -0.39 is 5.82 Å². The minimum atomic E-state index is -0.433. The first-order chi connectivity index (χ1) is 16.6. The maximum Gasteiger partial charge on any atom is 0.317 e. The van der Waals surface area contributed by atoms with Crippen LogP contribution in [0.3, 0.4) is 0 Å². The van der Waals surface area contributed by atoms with E-state index in [1.54, 1.807) is 39.3 Å². The van der Waals surface area contributed by atoms with Crippen LogP contribution in [0.15, 0.2) is 35.7 Å². The first kappa shape index (κ1) is 24.5. The van der Waals surface area contributed by atoms with Gasteiger partial charge in [0.25, 0.3) is 0 Å². The van der Waals surface area contributed by atoms with Gasteiger partial charge in [-0.05, 0) is 54.8 Å². The number of nitrogens with one attached hydrogen (secondary N) is 1. The fourth-order valence-electron chi connectivity index (χ4n) is 4.46. The van der Waals surface area contributed by atoms with Crippen molar-refractivity contribution >= 4 is 23.3 Å². The van der Waals surface area contributed by atoms with Crippen molar-refractivity contribution in [2.75, 3.05) is 39.4 Å². The fourth-order valence-corrected chi connectivity index (χ4v) is 5.38. The van der Waals surface area contributed by atoms with Crippen molar-refractivity contribution in [2.24, 2.45) is 0 Å². The fraction of sp³-hybridized carbons (Fsp3) is 0.520. The lowest BCUT2D eigenvalue weighted by molar-refractivity contribution is -0.135. The summed E-state index contributed by atoms with van der Waals surface area (Å²) in [6, 6.07) is 7.68. The number of para-hydroxylation sites is 1. The largest absolute Gasteiger partial charge is 0.488 e. The lowest BCUT2D eigenvalue weighted by Gasteiger charge is -2.37. The Labute approximate surface area is 203 Å². The monoisotopic (exact) mass is 489 g/mol. The van der Waals surface area contributed by atoms with Crippen molar-refractivity contribution in [3.63, 3.8) is 0 Å². The predicted octanol–water partition coefficient (Wildman–Crippen LogP) is 3.99. The van der Waals surface area contributed by atoms with Gasteiger partial charge in [-0.3, -0.25) is 4.79 Å². The summed E-state index contributed by atoms with van der Waals surface area (Å²) in [6.45, 7) is 4.25. The second-order valence-corrected chi connectivity index (χ2v) is 9.64. The highest BCUT2D eigenvalue weighted by molar-refractivity contribution is 7.10. The summed E-state index contributed by atoms with van der Waals surface area (Å²) in [6.07, 6.45) is 3.36. The molecule has 2 aliphatic heterocycles. The molecule has 0 bridgehead atoms. The van der Waals surface area contributed by atoms with Gasteiger partial charge in [-0.15, -0.1) is 11.3 Å². The van der Waals surface area contributed by atoms with E-state index in [-0.39, 0.29) is 43.0 Å². The summed E-state index contributed by atoms with van der Waals surface area (Å²) in [7, 11) is 0. The Bertz CT molecular complexity index is 979. The van der Waals surface area contributed by atoms with Crippen molar-refractivity contribution < 1.29 is 23.5 Å². The van der Waals surface area contributed by atoms with Gasteiger partial charge >= 0.3 is 6.03 Å². The molecule has 1 saturated heterocycles. The molecule has 1 aromatic heterocycles.